The van der Waals surface area contributed by atoms with Crippen LogP contribution in [0.3, 0.4) is 0 Å². The molecule has 6 heteroatoms. The lowest BCUT2D eigenvalue weighted by atomic mass is 10.0. The second kappa shape index (κ2) is 7.51. The Morgan fingerprint density at radius 3 is 2.71 bits per heavy atom. The SMILES string of the molecule is CC(C)(C)N(Cc1ccccc1)C(=O)COc1ncnc2sc3c(c12)CCC3. The zero-order valence-electron chi connectivity index (χ0n) is 16.6. The predicted octanol–water partition coefficient (Wildman–Crippen LogP) is 4.39. The number of fused-ring (bicyclic) bond motifs is 3. The van der Waals surface area contributed by atoms with Crippen molar-refractivity contribution in [2.24, 2.45) is 0 Å². The molecule has 1 aromatic carbocycles. The Labute approximate surface area is 169 Å². The number of hydrogen-bond acceptors (Lipinski definition) is 5. The second-order valence-electron chi connectivity index (χ2n) is 8.14. The molecule has 0 unspecified atom stereocenters. The molecular weight excluding hydrogens is 370 g/mol. The smallest absolute Gasteiger partial charge is 0.261 e. The molecule has 28 heavy (non-hydrogen) atoms. The van der Waals surface area contributed by atoms with Crippen molar-refractivity contribution in [1.82, 2.24) is 14.9 Å². The van der Waals surface area contributed by atoms with Crippen molar-refractivity contribution in [2.75, 3.05) is 6.61 Å². The molecule has 0 N–H and O–H groups in total. The molecule has 2 aromatic heterocycles. The van der Waals surface area contributed by atoms with Crippen LogP contribution in [-0.4, -0.2) is 32.9 Å². The lowest BCUT2D eigenvalue weighted by Gasteiger charge is -2.35. The zero-order chi connectivity index (χ0) is 19.7. The van der Waals surface area contributed by atoms with Crippen LogP contribution in [0.2, 0.25) is 0 Å². The fourth-order valence-corrected chi connectivity index (χ4v) is 4.90. The topological polar surface area (TPSA) is 55.3 Å². The molecule has 1 aliphatic carbocycles. The summed E-state index contributed by atoms with van der Waals surface area (Å²) >= 11 is 1.72. The van der Waals surface area contributed by atoms with E-state index in [0.717, 1.165) is 28.6 Å². The van der Waals surface area contributed by atoms with Crippen molar-refractivity contribution in [3.63, 3.8) is 0 Å². The summed E-state index contributed by atoms with van der Waals surface area (Å²) in [4.78, 5) is 26.0. The number of benzene rings is 1. The molecule has 4 rings (SSSR count). The zero-order valence-corrected chi connectivity index (χ0v) is 17.4. The van der Waals surface area contributed by atoms with Gasteiger partial charge < -0.3 is 9.64 Å². The number of carbonyl (C=O) groups is 1. The van der Waals surface area contributed by atoms with Crippen molar-refractivity contribution in [3.8, 4) is 5.88 Å². The van der Waals surface area contributed by atoms with E-state index in [9.17, 15) is 4.79 Å². The van der Waals surface area contributed by atoms with E-state index in [1.807, 2.05) is 56.0 Å². The first-order valence-electron chi connectivity index (χ1n) is 9.66. The summed E-state index contributed by atoms with van der Waals surface area (Å²) in [6.45, 7) is 6.66. The summed E-state index contributed by atoms with van der Waals surface area (Å²) in [5.41, 5.74) is 2.10. The van der Waals surface area contributed by atoms with Crippen LogP contribution in [0.25, 0.3) is 10.2 Å². The molecule has 0 saturated heterocycles. The summed E-state index contributed by atoms with van der Waals surface area (Å²) in [5.74, 6) is 0.487. The minimum atomic E-state index is -0.305. The number of ether oxygens (including phenoxy) is 1. The van der Waals surface area contributed by atoms with Gasteiger partial charge in [-0.15, -0.1) is 11.3 Å². The van der Waals surface area contributed by atoms with Crippen LogP contribution in [0, 0.1) is 0 Å². The Kier molecular flexibility index (Phi) is 5.06. The number of carbonyl (C=O) groups excluding carboxylic acids is 1. The Morgan fingerprint density at radius 1 is 1.18 bits per heavy atom. The van der Waals surface area contributed by atoms with Crippen molar-refractivity contribution in [3.05, 3.63) is 52.7 Å². The number of rotatable bonds is 5. The van der Waals surface area contributed by atoms with E-state index < -0.39 is 0 Å². The first-order valence-corrected chi connectivity index (χ1v) is 10.5. The van der Waals surface area contributed by atoms with E-state index in [4.69, 9.17) is 4.74 Å². The van der Waals surface area contributed by atoms with Gasteiger partial charge in [0.05, 0.1) is 5.39 Å². The molecular formula is C22H25N3O2S. The van der Waals surface area contributed by atoms with Gasteiger partial charge in [0, 0.05) is 17.0 Å². The molecule has 1 aliphatic rings. The molecule has 1 amide bonds. The third-order valence-electron chi connectivity index (χ3n) is 5.09. The quantitative estimate of drug-likeness (QED) is 0.643. The van der Waals surface area contributed by atoms with Crippen LogP contribution in [0.15, 0.2) is 36.7 Å². The standard InChI is InChI=1S/C22H25N3O2S/c1-22(2,3)25(12-15-8-5-4-6-9-15)18(26)13-27-20-19-16-10-7-11-17(16)28-21(19)24-14-23-20/h4-6,8-9,14H,7,10-13H2,1-3H3. The van der Waals surface area contributed by atoms with Gasteiger partial charge in [0.25, 0.3) is 5.91 Å². The van der Waals surface area contributed by atoms with Gasteiger partial charge in [-0.2, -0.15) is 0 Å². The summed E-state index contributed by atoms with van der Waals surface area (Å²) in [5, 5.41) is 0.998. The van der Waals surface area contributed by atoms with Gasteiger partial charge >= 0.3 is 0 Å². The lowest BCUT2D eigenvalue weighted by Crippen LogP contribution is -2.47. The van der Waals surface area contributed by atoms with Crippen molar-refractivity contribution in [1.29, 1.82) is 0 Å². The molecule has 0 atom stereocenters. The average Bonchev–Trinajstić information content (AvgIpc) is 3.25. The first kappa shape index (κ1) is 18.9. The maximum atomic E-state index is 13.0. The van der Waals surface area contributed by atoms with Gasteiger partial charge in [0.2, 0.25) is 5.88 Å². The second-order valence-corrected chi connectivity index (χ2v) is 9.22. The molecule has 5 nitrogen and oxygen atoms in total. The number of amides is 1. The fourth-order valence-electron chi connectivity index (χ4n) is 3.68. The lowest BCUT2D eigenvalue weighted by molar-refractivity contribution is -0.139. The third-order valence-corrected chi connectivity index (χ3v) is 6.29. The summed E-state index contributed by atoms with van der Waals surface area (Å²) < 4.78 is 5.94. The predicted molar refractivity (Wildman–Crippen MR) is 112 cm³/mol. The molecule has 0 saturated carbocycles. The number of aromatic nitrogens is 2. The maximum absolute atomic E-state index is 13.0. The van der Waals surface area contributed by atoms with Crippen molar-refractivity contribution >= 4 is 27.5 Å². The Morgan fingerprint density at radius 2 is 1.96 bits per heavy atom. The first-order chi connectivity index (χ1) is 13.4. The van der Waals surface area contributed by atoms with Crippen LogP contribution in [0.4, 0.5) is 0 Å². The van der Waals surface area contributed by atoms with Crippen molar-refractivity contribution < 1.29 is 9.53 Å². The molecule has 146 valence electrons. The minimum absolute atomic E-state index is 0.0269. The molecule has 0 radical (unpaired) electrons. The summed E-state index contributed by atoms with van der Waals surface area (Å²) in [6, 6.07) is 10.0. The maximum Gasteiger partial charge on any atom is 0.261 e. The largest absolute Gasteiger partial charge is 0.467 e. The number of nitrogens with zero attached hydrogens (tertiary/aromatic N) is 3. The van der Waals surface area contributed by atoms with Crippen LogP contribution in [-0.2, 0) is 24.2 Å². The van der Waals surface area contributed by atoms with Gasteiger partial charge in [-0.25, -0.2) is 9.97 Å². The summed E-state index contributed by atoms with van der Waals surface area (Å²) in [7, 11) is 0. The van der Waals surface area contributed by atoms with Crippen LogP contribution in [0.1, 0.15) is 43.2 Å². The van der Waals surface area contributed by atoms with Gasteiger partial charge in [-0.1, -0.05) is 30.3 Å². The number of aryl methyl sites for hydroxylation is 2. The van der Waals surface area contributed by atoms with Gasteiger partial charge in [0.1, 0.15) is 11.2 Å². The average molecular weight is 396 g/mol. The van der Waals surface area contributed by atoms with Crippen molar-refractivity contribution in [2.45, 2.75) is 52.1 Å². The number of thiophene rings is 1. The van der Waals surface area contributed by atoms with Gasteiger partial charge in [-0.3, -0.25) is 4.79 Å². The van der Waals surface area contributed by atoms with E-state index >= 15 is 0 Å². The molecule has 0 bridgehead atoms. The highest BCUT2D eigenvalue weighted by Crippen LogP contribution is 2.39. The fraction of sp³-hybridized carbons (Fsp3) is 0.409. The molecule has 3 aromatic rings. The van der Waals surface area contributed by atoms with Crippen LogP contribution >= 0.6 is 11.3 Å². The van der Waals surface area contributed by atoms with Crippen LogP contribution < -0.4 is 4.74 Å². The minimum Gasteiger partial charge on any atom is -0.467 e. The van der Waals surface area contributed by atoms with E-state index in [-0.39, 0.29) is 18.1 Å². The van der Waals surface area contributed by atoms with E-state index in [0.29, 0.717) is 12.4 Å². The Hall–Kier alpha value is -2.47. The Bertz CT molecular complexity index is 992. The monoisotopic (exact) mass is 395 g/mol. The van der Waals surface area contributed by atoms with Crippen LogP contribution in [0.5, 0.6) is 5.88 Å². The van der Waals surface area contributed by atoms with Gasteiger partial charge in [-0.05, 0) is 51.2 Å². The molecule has 0 aliphatic heterocycles. The van der Waals surface area contributed by atoms with E-state index in [1.165, 1.54) is 23.2 Å². The Balaban J connectivity index is 1.53. The highest BCUT2D eigenvalue weighted by atomic mass is 32.1. The van der Waals surface area contributed by atoms with E-state index in [1.54, 1.807) is 11.3 Å². The van der Waals surface area contributed by atoms with Gasteiger partial charge in [0.15, 0.2) is 6.61 Å². The highest BCUT2D eigenvalue weighted by molar-refractivity contribution is 7.18. The number of hydrogen-bond donors (Lipinski definition) is 0. The molecule has 0 fully saturated rings. The highest BCUT2D eigenvalue weighted by Gasteiger charge is 2.28. The molecule has 0 spiro atoms. The molecule has 2 heterocycles. The van der Waals surface area contributed by atoms with E-state index in [2.05, 4.69) is 9.97 Å². The summed E-state index contributed by atoms with van der Waals surface area (Å²) in [6.07, 6.45) is 4.83. The normalized spacial score (nSPS) is 13.5. The third kappa shape index (κ3) is 3.74.